The summed E-state index contributed by atoms with van der Waals surface area (Å²) in [5, 5.41) is 0. The molecule has 0 aliphatic heterocycles. The Labute approximate surface area is 156 Å². The molecule has 0 aromatic carbocycles. The van der Waals surface area contributed by atoms with E-state index in [0.29, 0.717) is 9.93 Å². The molecule has 0 atom stereocenters. The number of allylic oxidation sites excluding steroid dienone is 1. The van der Waals surface area contributed by atoms with Crippen LogP contribution in [0.1, 0.15) is 18.9 Å². The molecule has 0 amide bonds. The van der Waals surface area contributed by atoms with Crippen molar-refractivity contribution in [2.75, 3.05) is 25.7 Å². The van der Waals surface area contributed by atoms with E-state index < -0.39 is 5.97 Å². The van der Waals surface area contributed by atoms with E-state index in [2.05, 4.69) is 4.74 Å². The van der Waals surface area contributed by atoms with Crippen molar-refractivity contribution in [3.63, 3.8) is 0 Å². The van der Waals surface area contributed by atoms with Crippen LogP contribution in [-0.4, -0.2) is 43.4 Å². The van der Waals surface area contributed by atoms with Crippen molar-refractivity contribution in [2.45, 2.75) is 20.3 Å². The number of nitrogens with zero attached hydrogens (tertiary/aromatic N) is 1. The van der Waals surface area contributed by atoms with E-state index >= 15 is 0 Å². The molecular weight excluding hydrogens is 362 g/mol. The van der Waals surface area contributed by atoms with Gasteiger partial charge in [-0.3, -0.25) is 14.4 Å². The summed E-state index contributed by atoms with van der Waals surface area (Å²) in [6, 6.07) is 3.72. The summed E-state index contributed by atoms with van der Waals surface area (Å²) in [5.41, 5.74) is 1.39. The van der Waals surface area contributed by atoms with Crippen LogP contribution in [0.3, 0.4) is 0 Å². The molecule has 1 aromatic heterocycles. The Balaban J connectivity index is 3.21. The molecule has 1 aromatic rings. The van der Waals surface area contributed by atoms with Crippen molar-refractivity contribution in [1.29, 1.82) is 0 Å². The number of Topliss-reactive ketones (excluding diaryl/α,β-unsaturated/α-hetero) is 1. The van der Waals surface area contributed by atoms with Gasteiger partial charge in [0.25, 0.3) is 5.70 Å². The van der Waals surface area contributed by atoms with Gasteiger partial charge in [-0.25, -0.2) is 0 Å². The number of aryl methyl sites for hydroxylation is 1. The SMILES string of the molecule is CCOC(=O)CC(=O)/C(=C(\SC)SCC(=O)OC)[n+]1ccc(C)cc1. The highest BCUT2D eigenvalue weighted by Gasteiger charge is 2.28. The van der Waals surface area contributed by atoms with Gasteiger partial charge in [0.05, 0.1) is 19.5 Å². The Morgan fingerprint density at radius 3 is 2.32 bits per heavy atom. The van der Waals surface area contributed by atoms with Crippen LogP contribution >= 0.6 is 23.5 Å². The maximum absolute atomic E-state index is 12.7. The first-order valence-electron chi connectivity index (χ1n) is 7.57. The molecule has 0 radical (unpaired) electrons. The average molecular weight is 384 g/mol. The van der Waals surface area contributed by atoms with Gasteiger partial charge in [0.1, 0.15) is 10.7 Å². The van der Waals surface area contributed by atoms with Crippen LogP contribution in [0.25, 0.3) is 5.70 Å². The highest BCUT2D eigenvalue weighted by Crippen LogP contribution is 2.31. The van der Waals surface area contributed by atoms with Gasteiger partial charge < -0.3 is 9.47 Å². The Morgan fingerprint density at radius 1 is 1.16 bits per heavy atom. The summed E-state index contributed by atoms with van der Waals surface area (Å²) < 4.78 is 11.8. The predicted molar refractivity (Wildman–Crippen MR) is 98.8 cm³/mol. The van der Waals surface area contributed by atoms with Crippen molar-refractivity contribution in [2.24, 2.45) is 0 Å². The maximum Gasteiger partial charge on any atom is 0.316 e. The van der Waals surface area contributed by atoms with E-state index in [1.54, 1.807) is 23.9 Å². The van der Waals surface area contributed by atoms with Crippen LogP contribution in [0.15, 0.2) is 28.8 Å². The van der Waals surface area contributed by atoms with E-state index in [9.17, 15) is 14.4 Å². The van der Waals surface area contributed by atoms with Gasteiger partial charge in [0, 0.05) is 12.1 Å². The van der Waals surface area contributed by atoms with Gasteiger partial charge >= 0.3 is 11.9 Å². The van der Waals surface area contributed by atoms with Crippen molar-refractivity contribution in [3.8, 4) is 0 Å². The Kier molecular flexibility index (Phi) is 9.30. The van der Waals surface area contributed by atoms with E-state index in [-0.39, 0.29) is 30.5 Å². The normalized spacial score (nSPS) is 11.5. The first kappa shape index (κ1) is 21.2. The van der Waals surface area contributed by atoms with Crippen molar-refractivity contribution < 1.29 is 28.4 Å². The third-order valence-electron chi connectivity index (χ3n) is 3.06. The number of pyridine rings is 1. The molecule has 0 N–H and O–H groups in total. The van der Waals surface area contributed by atoms with Crippen LogP contribution in [0.5, 0.6) is 0 Å². The molecule has 6 nitrogen and oxygen atoms in total. The molecule has 0 aliphatic carbocycles. The van der Waals surface area contributed by atoms with Crippen LogP contribution in [0.2, 0.25) is 0 Å². The third-order valence-corrected chi connectivity index (χ3v) is 5.31. The molecule has 25 heavy (non-hydrogen) atoms. The zero-order valence-corrected chi connectivity index (χ0v) is 16.4. The summed E-state index contributed by atoms with van der Waals surface area (Å²) in [4.78, 5) is 35.8. The topological polar surface area (TPSA) is 73.5 Å². The van der Waals surface area contributed by atoms with Crippen LogP contribution < -0.4 is 4.57 Å². The molecule has 0 unspecified atom stereocenters. The van der Waals surface area contributed by atoms with E-state index in [1.807, 2.05) is 25.3 Å². The Hall–Kier alpha value is -1.80. The number of rotatable bonds is 9. The number of carbonyl (C=O) groups is 3. The Bertz CT molecular complexity index is 656. The summed E-state index contributed by atoms with van der Waals surface area (Å²) in [6.45, 7) is 3.85. The number of hydrogen-bond donors (Lipinski definition) is 0. The lowest BCUT2D eigenvalue weighted by Crippen LogP contribution is -2.37. The number of hydrogen-bond acceptors (Lipinski definition) is 7. The standard InChI is InChI=1S/C17H22NO5S2/c1-5-23-14(20)10-13(19)16(18-8-6-12(2)7-9-18)17(24-4)25-11-15(21)22-3/h6-9H,5,10-11H2,1-4H3/q+1/b17-16-. The number of ether oxygens (including phenoxy) is 2. The largest absolute Gasteiger partial charge is 0.468 e. The van der Waals surface area contributed by atoms with Crippen LogP contribution in [0, 0.1) is 6.92 Å². The van der Waals surface area contributed by atoms with Crippen LogP contribution in [0.4, 0.5) is 0 Å². The summed E-state index contributed by atoms with van der Waals surface area (Å²) in [7, 11) is 1.31. The first-order valence-corrected chi connectivity index (χ1v) is 9.78. The maximum atomic E-state index is 12.7. The second-order valence-corrected chi connectivity index (χ2v) is 6.95. The minimum absolute atomic E-state index is 0.0787. The second kappa shape index (κ2) is 10.9. The van der Waals surface area contributed by atoms with Gasteiger partial charge in [-0.2, -0.15) is 4.57 Å². The summed E-state index contributed by atoms with van der Waals surface area (Å²) >= 11 is 2.54. The number of methoxy groups -OCH3 is 1. The molecule has 0 spiro atoms. The second-order valence-electron chi connectivity index (χ2n) is 4.89. The van der Waals surface area contributed by atoms with Crippen molar-refractivity contribution in [3.05, 3.63) is 34.3 Å². The highest BCUT2D eigenvalue weighted by molar-refractivity contribution is 8.22. The fourth-order valence-electron chi connectivity index (χ4n) is 1.85. The number of carbonyl (C=O) groups excluding carboxylic acids is 3. The van der Waals surface area contributed by atoms with Gasteiger partial charge in [0.15, 0.2) is 12.4 Å². The fourth-order valence-corrected chi connectivity index (χ4v) is 3.63. The highest BCUT2D eigenvalue weighted by atomic mass is 32.2. The zero-order valence-electron chi connectivity index (χ0n) is 14.7. The van der Waals surface area contributed by atoms with E-state index in [4.69, 9.17) is 4.74 Å². The quantitative estimate of drug-likeness (QED) is 0.280. The molecule has 0 bridgehead atoms. The van der Waals surface area contributed by atoms with Gasteiger partial charge in [-0.05, 0) is 25.7 Å². The molecule has 8 heteroatoms. The Morgan fingerprint density at radius 2 is 1.80 bits per heavy atom. The van der Waals surface area contributed by atoms with Crippen molar-refractivity contribution in [1.82, 2.24) is 0 Å². The van der Waals surface area contributed by atoms with Gasteiger partial charge in [-0.15, -0.1) is 23.5 Å². The van der Waals surface area contributed by atoms with Crippen LogP contribution in [-0.2, 0) is 23.9 Å². The lowest BCUT2D eigenvalue weighted by atomic mass is 10.2. The molecule has 1 rings (SSSR count). The third kappa shape index (κ3) is 6.91. The minimum Gasteiger partial charge on any atom is -0.468 e. The van der Waals surface area contributed by atoms with E-state index in [0.717, 1.165) is 5.56 Å². The minimum atomic E-state index is -0.573. The molecule has 0 aliphatic rings. The molecule has 0 saturated heterocycles. The molecule has 136 valence electrons. The predicted octanol–water partition coefficient (Wildman–Crippen LogP) is 2.20. The number of aromatic nitrogens is 1. The molecule has 0 fully saturated rings. The monoisotopic (exact) mass is 384 g/mol. The smallest absolute Gasteiger partial charge is 0.316 e. The number of esters is 2. The average Bonchev–Trinajstić information content (AvgIpc) is 2.59. The van der Waals surface area contributed by atoms with Gasteiger partial charge in [-0.1, -0.05) is 0 Å². The van der Waals surface area contributed by atoms with Gasteiger partial charge in [0.2, 0.25) is 5.78 Å². The fraction of sp³-hybridized carbons (Fsp3) is 0.412. The molecule has 1 heterocycles. The number of ketones is 1. The zero-order chi connectivity index (χ0) is 18.8. The summed E-state index contributed by atoms with van der Waals surface area (Å²) in [6.07, 6.45) is 4.96. The molecular formula is C17H22NO5S2+. The lowest BCUT2D eigenvalue weighted by molar-refractivity contribution is -0.577. The first-order chi connectivity index (χ1) is 11.9. The summed E-state index contributed by atoms with van der Waals surface area (Å²) in [5.74, 6) is -1.25. The van der Waals surface area contributed by atoms with Crippen molar-refractivity contribution >= 4 is 46.9 Å². The van der Waals surface area contributed by atoms with E-state index in [1.165, 1.54) is 30.6 Å². The lowest BCUT2D eigenvalue weighted by Gasteiger charge is -2.08. The number of thioether (sulfide) groups is 2. The molecule has 0 saturated carbocycles.